The normalized spacial score (nSPS) is 15.3. The number of benzene rings is 1. The van der Waals surface area contributed by atoms with Crippen LogP contribution < -0.4 is 0 Å². The molecule has 0 spiro atoms. The third-order valence-corrected chi connectivity index (χ3v) is 5.57. The van der Waals surface area contributed by atoms with Gasteiger partial charge in [0.1, 0.15) is 11.3 Å². The van der Waals surface area contributed by atoms with Gasteiger partial charge < -0.3 is 4.90 Å². The van der Waals surface area contributed by atoms with E-state index in [1.165, 1.54) is 29.6 Å². The second-order valence-electron chi connectivity index (χ2n) is 7.14. The second kappa shape index (κ2) is 8.03. The molecule has 1 unspecified atom stereocenters. The first-order valence-electron chi connectivity index (χ1n) is 8.80. The van der Waals surface area contributed by atoms with Crippen molar-refractivity contribution in [1.29, 1.82) is 0 Å². The van der Waals surface area contributed by atoms with Gasteiger partial charge in [0.2, 0.25) is 5.95 Å². The van der Waals surface area contributed by atoms with E-state index in [-0.39, 0.29) is 23.2 Å². The summed E-state index contributed by atoms with van der Waals surface area (Å²) in [5.41, 5.74) is 1.57. The molecule has 8 heteroatoms. The molecule has 0 bridgehead atoms. The number of carbonyl (C=O) groups excluding carboxylic acids is 1. The van der Waals surface area contributed by atoms with Crippen molar-refractivity contribution in [2.75, 3.05) is 0 Å². The summed E-state index contributed by atoms with van der Waals surface area (Å²) >= 11 is 7.66. The quantitative estimate of drug-likeness (QED) is 0.380. The summed E-state index contributed by atoms with van der Waals surface area (Å²) in [7, 11) is 1.37. The standard InChI is InChI=1S/C19H21ClF2IN3O/c1-10(2)14-7-4-12(20)8-11(14)9-26(13-5-6-13)19(27)15-16(17(21)23)24-25(3)18(15)22/h4,7-8,10,13,17H,5-6,9H2,1-3H3. The maximum Gasteiger partial charge on any atom is 0.261 e. The Morgan fingerprint density at radius 3 is 2.67 bits per heavy atom. The van der Waals surface area contributed by atoms with Gasteiger partial charge in [0, 0.05) is 24.7 Å². The molecule has 27 heavy (non-hydrogen) atoms. The fourth-order valence-corrected chi connectivity index (χ4v) is 3.86. The average molecular weight is 508 g/mol. The zero-order chi connectivity index (χ0) is 19.9. The van der Waals surface area contributed by atoms with Crippen LogP contribution in [0, 0.1) is 5.95 Å². The number of nitrogens with zero attached hydrogens (tertiary/aromatic N) is 3. The highest BCUT2D eigenvalue weighted by Gasteiger charge is 2.38. The fourth-order valence-electron chi connectivity index (χ4n) is 3.23. The molecular weight excluding hydrogens is 487 g/mol. The van der Waals surface area contributed by atoms with Crippen molar-refractivity contribution in [2.24, 2.45) is 7.05 Å². The Morgan fingerprint density at radius 1 is 1.44 bits per heavy atom. The molecular formula is C19H21ClF2IN3O. The molecule has 1 heterocycles. The molecule has 1 aliphatic rings. The van der Waals surface area contributed by atoms with Crippen LogP contribution >= 0.6 is 34.2 Å². The number of hydrogen-bond acceptors (Lipinski definition) is 2. The molecule has 2 aromatic rings. The summed E-state index contributed by atoms with van der Waals surface area (Å²) in [6.07, 6.45) is 1.70. The smallest absolute Gasteiger partial charge is 0.261 e. The van der Waals surface area contributed by atoms with E-state index in [0.29, 0.717) is 11.6 Å². The summed E-state index contributed by atoms with van der Waals surface area (Å²) in [6.45, 7) is 4.45. The summed E-state index contributed by atoms with van der Waals surface area (Å²) in [5, 5.41) is 4.44. The lowest BCUT2D eigenvalue weighted by molar-refractivity contribution is 0.0722. The molecule has 1 amide bonds. The molecule has 0 radical (unpaired) electrons. The highest BCUT2D eigenvalue weighted by Crippen LogP contribution is 2.35. The molecule has 0 N–H and O–H groups in total. The van der Waals surface area contributed by atoms with Gasteiger partial charge in [0.15, 0.2) is 4.18 Å². The van der Waals surface area contributed by atoms with E-state index in [0.717, 1.165) is 28.7 Å². The van der Waals surface area contributed by atoms with Crippen LogP contribution in [0.15, 0.2) is 18.2 Å². The average Bonchev–Trinajstić information content (AvgIpc) is 3.38. The lowest BCUT2D eigenvalue weighted by Gasteiger charge is -2.25. The number of hydrogen-bond donors (Lipinski definition) is 0. The van der Waals surface area contributed by atoms with Crippen molar-refractivity contribution >= 4 is 40.1 Å². The van der Waals surface area contributed by atoms with Crippen molar-refractivity contribution in [3.05, 3.63) is 51.6 Å². The lowest BCUT2D eigenvalue weighted by Crippen LogP contribution is -2.34. The van der Waals surface area contributed by atoms with Gasteiger partial charge in [-0.1, -0.05) is 31.5 Å². The van der Waals surface area contributed by atoms with Gasteiger partial charge in [-0.3, -0.25) is 4.79 Å². The topological polar surface area (TPSA) is 38.1 Å². The Labute approximate surface area is 176 Å². The van der Waals surface area contributed by atoms with Crippen LogP contribution in [0.5, 0.6) is 0 Å². The van der Waals surface area contributed by atoms with Crippen LogP contribution in [0.4, 0.5) is 8.78 Å². The van der Waals surface area contributed by atoms with E-state index in [9.17, 15) is 13.6 Å². The molecule has 4 nitrogen and oxygen atoms in total. The first kappa shape index (κ1) is 20.5. The number of rotatable bonds is 6. The molecule has 146 valence electrons. The molecule has 1 fully saturated rings. The van der Waals surface area contributed by atoms with E-state index in [2.05, 4.69) is 18.9 Å². The number of amides is 1. The van der Waals surface area contributed by atoms with Crippen LogP contribution in [-0.4, -0.2) is 26.6 Å². The summed E-state index contributed by atoms with van der Waals surface area (Å²) in [4.78, 5) is 14.8. The molecule has 0 saturated heterocycles. The van der Waals surface area contributed by atoms with Crippen molar-refractivity contribution in [3.8, 4) is 0 Å². The molecule has 1 aromatic carbocycles. The summed E-state index contributed by atoms with van der Waals surface area (Å²) < 4.78 is 27.8. The van der Waals surface area contributed by atoms with Crippen LogP contribution in [0.2, 0.25) is 5.02 Å². The SMILES string of the molecule is CC(C)c1ccc(Cl)cc1CN(C(=O)c1c(C(F)I)nn(C)c1F)C1CC1. The Bertz CT molecular complexity index is 865. The third-order valence-electron chi connectivity index (χ3n) is 4.74. The molecule has 1 aliphatic carbocycles. The largest absolute Gasteiger partial charge is 0.331 e. The zero-order valence-corrected chi connectivity index (χ0v) is 18.3. The van der Waals surface area contributed by atoms with E-state index in [4.69, 9.17) is 11.6 Å². The highest BCUT2D eigenvalue weighted by molar-refractivity contribution is 14.1. The van der Waals surface area contributed by atoms with E-state index in [1.807, 2.05) is 18.2 Å². The van der Waals surface area contributed by atoms with Crippen LogP contribution in [0.1, 0.15) is 64.0 Å². The van der Waals surface area contributed by atoms with Gasteiger partial charge in [0.05, 0.1) is 0 Å². The van der Waals surface area contributed by atoms with Crippen LogP contribution in [0.25, 0.3) is 0 Å². The van der Waals surface area contributed by atoms with Crippen molar-refractivity contribution in [3.63, 3.8) is 0 Å². The minimum atomic E-state index is -1.56. The maximum atomic E-state index is 14.5. The number of aryl methyl sites for hydroxylation is 1. The number of alkyl halides is 2. The number of carbonyl (C=O) groups is 1. The Hall–Kier alpha value is -1.22. The number of halogens is 4. The minimum Gasteiger partial charge on any atom is -0.331 e. The summed E-state index contributed by atoms with van der Waals surface area (Å²) in [5.74, 6) is -1.08. The fraction of sp³-hybridized carbons (Fsp3) is 0.474. The Morgan fingerprint density at radius 2 is 2.11 bits per heavy atom. The van der Waals surface area contributed by atoms with Gasteiger partial charge in [-0.15, -0.1) is 0 Å². The second-order valence-corrected chi connectivity index (χ2v) is 8.67. The first-order chi connectivity index (χ1) is 12.7. The van der Waals surface area contributed by atoms with E-state index in [1.54, 1.807) is 4.90 Å². The molecule has 1 atom stereocenters. The molecule has 1 aromatic heterocycles. The first-order valence-corrected chi connectivity index (χ1v) is 10.4. The van der Waals surface area contributed by atoms with Crippen LogP contribution in [-0.2, 0) is 13.6 Å². The predicted molar refractivity (Wildman–Crippen MR) is 109 cm³/mol. The predicted octanol–water partition coefficient (Wildman–Crippen LogP) is 5.54. The highest BCUT2D eigenvalue weighted by atomic mass is 127. The molecule has 1 saturated carbocycles. The van der Waals surface area contributed by atoms with Gasteiger partial charge in [-0.05, 0) is 64.6 Å². The van der Waals surface area contributed by atoms with E-state index >= 15 is 0 Å². The molecule has 0 aliphatic heterocycles. The van der Waals surface area contributed by atoms with Crippen molar-refractivity contribution < 1.29 is 13.6 Å². The monoisotopic (exact) mass is 507 g/mol. The van der Waals surface area contributed by atoms with Gasteiger partial charge in [-0.2, -0.15) is 9.49 Å². The maximum absolute atomic E-state index is 14.5. The van der Waals surface area contributed by atoms with Crippen molar-refractivity contribution in [2.45, 2.75) is 49.4 Å². The zero-order valence-electron chi connectivity index (χ0n) is 15.3. The van der Waals surface area contributed by atoms with E-state index < -0.39 is 16.0 Å². The van der Waals surface area contributed by atoms with Gasteiger partial charge >= 0.3 is 0 Å². The summed E-state index contributed by atoms with van der Waals surface area (Å²) in [6, 6.07) is 5.65. The van der Waals surface area contributed by atoms with Crippen LogP contribution in [0.3, 0.4) is 0 Å². The Kier molecular flexibility index (Phi) is 6.10. The van der Waals surface area contributed by atoms with Crippen molar-refractivity contribution in [1.82, 2.24) is 14.7 Å². The molecule has 3 rings (SSSR count). The minimum absolute atomic E-state index is 0.0243. The van der Waals surface area contributed by atoms with Gasteiger partial charge in [0.25, 0.3) is 5.91 Å². The lowest BCUT2D eigenvalue weighted by atomic mass is 9.96. The Balaban J connectivity index is 1.99. The van der Waals surface area contributed by atoms with Gasteiger partial charge in [-0.25, -0.2) is 9.07 Å². The third kappa shape index (κ3) is 4.29. The number of aromatic nitrogens is 2.